The highest BCUT2D eigenvalue weighted by molar-refractivity contribution is 14.0. The number of hydrogen-bond acceptors (Lipinski definition) is 3. The molecule has 0 radical (unpaired) electrons. The topological polar surface area (TPSA) is 54.2 Å². The number of halogens is 1. The molecule has 5 nitrogen and oxygen atoms in total. The lowest BCUT2D eigenvalue weighted by molar-refractivity contribution is 0.570. The minimum Gasteiger partial charge on any atom is -0.356 e. The minimum absolute atomic E-state index is 0. The van der Waals surface area contributed by atoms with E-state index in [-0.39, 0.29) is 24.0 Å². The molecule has 2 N–H and O–H groups in total. The van der Waals surface area contributed by atoms with Crippen molar-refractivity contribution in [2.45, 2.75) is 19.4 Å². The van der Waals surface area contributed by atoms with Crippen LogP contribution in [0.5, 0.6) is 0 Å². The third-order valence-electron chi connectivity index (χ3n) is 2.88. The van der Waals surface area contributed by atoms with E-state index in [1.807, 2.05) is 16.9 Å². The zero-order chi connectivity index (χ0) is 14.0. The van der Waals surface area contributed by atoms with Crippen molar-refractivity contribution in [1.29, 1.82) is 0 Å². The average Bonchev–Trinajstić information content (AvgIpc) is 3.14. The van der Waals surface area contributed by atoms with Crippen LogP contribution in [0.15, 0.2) is 41.0 Å². The van der Waals surface area contributed by atoms with Crippen molar-refractivity contribution in [3.63, 3.8) is 0 Å². The molecule has 0 bridgehead atoms. The lowest BCUT2D eigenvalue weighted by Crippen LogP contribution is -2.38. The second kappa shape index (κ2) is 10.6. The molecule has 0 aliphatic heterocycles. The van der Waals surface area contributed by atoms with E-state index >= 15 is 0 Å². The number of nitrogens with one attached hydrogen (secondary N) is 2. The second-order valence-electron chi connectivity index (χ2n) is 4.38. The van der Waals surface area contributed by atoms with Crippen LogP contribution in [-0.2, 0) is 13.0 Å². The molecule has 0 spiro atoms. The maximum atomic E-state index is 4.22. The molecule has 2 heterocycles. The van der Waals surface area contributed by atoms with Crippen molar-refractivity contribution in [3.8, 4) is 0 Å². The Hall–Kier alpha value is -1.09. The number of guanidine groups is 1. The second-order valence-corrected chi connectivity index (χ2v) is 5.41. The van der Waals surface area contributed by atoms with Gasteiger partial charge in [-0.2, -0.15) is 5.10 Å². The summed E-state index contributed by atoms with van der Waals surface area (Å²) in [4.78, 5) is 5.61. The van der Waals surface area contributed by atoms with Gasteiger partial charge in [0.05, 0.1) is 0 Å². The summed E-state index contributed by atoms with van der Waals surface area (Å²) in [5.74, 6) is 0.863. The predicted molar refractivity (Wildman–Crippen MR) is 99.6 cm³/mol. The number of nitrogens with zero attached hydrogens (tertiary/aromatic N) is 3. The van der Waals surface area contributed by atoms with Gasteiger partial charge in [-0.15, -0.1) is 35.3 Å². The molecule has 0 atom stereocenters. The zero-order valence-corrected chi connectivity index (χ0v) is 15.3. The van der Waals surface area contributed by atoms with Gasteiger partial charge in [0.15, 0.2) is 5.96 Å². The van der Waals surface area contributed by atoms with E-state index in [1.54, 1.807) is 24.6 Å². The van der Waals surface area contributed by atoms with Crippen LogP contribution < -0.4 is 10.6 Å². The summed E-state index contributed by atoms with van der Waals surface area (Å²) in [5.41, 5.74) is 0. The van der Waals surface area contributed by atoms with E-state index < -0.39 is 0 Å². The highest BCUT2D eigenvalue weighted by atomic mass is 127. The summed E-state index contributed by atoms with van der Waals surface area (Å²) in [6.07, 6.45) is 5.84. The monoisotopic (exact) mass is 419 g/mol. The first kappa shape index (κ1) is 18.0. The lowest BCUT2D eigenvalue weighted by Gasteiger charge is -2.11. The lowest BCUT2D eigenvalue weighted by atomic mass is 10.3. The quantitative estimate of drug-likeness (QED) is 0.314. The van der Waals surface area contributed by atoms with Crippen LogP contribution in [-0.4, -0.2) is 35.9 Å². The predicted octanol–water partition coefficient (Wildman–Crippen LogP) is 2.36. The molecule has 0 fully saturated rings. The van der Waals surface area contributed by atoms with Gasteiger partial charge in [0.2, 0.25) is 0 Å². The van der Waals surface area contributed by atoms with E-state index in [9.17, 15) is 0 Å². The number of thiophene rings is 1. The van der Waals surface area contributed by atoms with Gasteiger partial charge in [0.1, 0.15) is 0 Å². The zero-order valence-electron chi connectivity index (χ0n) is 12.2. The van der Waals surface area contributed by atoms with Gasteiger partial charge in [0.25, 0.3) is 0 Å². The maximum absolute atomic E-state index is 4.22. The Morgan fingerprint density at radius 2 is 2.19 bits per heavy atom. The standard InChI is InChI=1S/C14H21N5S.HI/c1-15-14(17-9-6-13-5-2-12-20-13)16-7-3-10-19-11-4-8-18-19;/h2,4-5,8,11-12H,3,6-7,9-10H2,1H3,(H2,15,16,17);1H. The fourth-order valence-corrected chi connectivity index (χ4v) is 2.57. The van der Waals surface area contributed by atoms with E-state index in [1.165, 1.54) is 4.88 Å². The molecule has 0 unspecified atom stereocenters. The summed E-state index contributed by atoms with van der Waals surface area (Å²) < 4.78 is 1.94. The Morgan fingerprint density at radius 1 is 1.33 bits per heavy atom. The van der Waals surface area contributed by atoms with Crippen molar-refractivity contribution in [1.82, 2.24) is 20.4 Å². The first-order chi connectivity index (χ1) is 9.88. The largest absolute Gasteiger partial charge is 0.356 e. The number of aromatic nitrogens is 2. The van der Waals surface area contributed by atoms with Crippen LogP contribution in [0, 0.1) is 0 Å². The highest BCUT2D eigenvalue weighted by Crippen LogP contribution is 2.07. The minimum atomic E-state index is 0. The van der Waals surface area contributed by atoms with Crippen molar-refractivity contribution in [2.75, 3.05) is 20.1 Å². The molecule has 0 aliphatic carbocycles. The van der Waals surface area contributed by atoms with E-state index in [2.05, 4.69) is 38.2 Å². The molecule has 0 saturated heterocycles. The molecule has 7 heteroatoms. The van der Waals surface area contributed by atoms with Crippen LogP contribution in [0.1, 0.15) is 11.3 Å². The van der Waals surface area contributed by atoms with Gasteiger partial charge in [-0.25, -0.2) is 0 Å². The molecule has 0 aromatic carbocycles. The van der Waals surface area contributed by atoms with Crippen LogP contribution in [0.25, 0.3) is 0 Å². The SMILES string of the molecule is CN=C(NCCCn1cccn1)NCCc1cccs1.I. The Kier molecular flexibility index (Phi) is 9.07. The van der Waals surface area contributed by atoms with Crippen LogP contribution in [0.3, 0.4) is 0 Å². The molecular weight excluding hydrogens is 397 g/mol. The number of aryl methyl sites for hydroxylation is 1. The van der Waals surface area contributed by atoms with Crippen molar-refractivity contribution in [3.05, 3.63) is 40.8 Å². The molecule has 0 amide bonds. The van der Waals surface area contributed by atoms with Gasteiger partial charge >= 0.3 is 0 Å². The van der Waals surface area contributed by atoms with Crippen molar-refractivity contribution >= 4 is 41.3 Å². The maximum Gasteiger partial charge on any atom is 0.190 e. The van der Waals surface area contributed by atoms with Gasteiger partial charge in [-0.1, -0.05) is 6.07 Å². The molecule has 116 valence electrons. The van der Waals surface area contributed by atoms with Crippen LogP contribution in [0.2, 0.25) is 0 Å². The Labute approximate surface area is 146 Å². The first-order valence-corrected chi connectivity index (χ1v) is 7.71. The molecule has 21 heavy (non-hydrogen) atoms. The number of rotatable bonds is 7. The first-order valence-electron chi connectivity index (χ1n) is 6.83. The molecular formula is C14H22IN5S. The Balaban J connectivity index is 0.00000220. The van der Waals surface area contributed by atoms with Gasteiger partial charge in [-0.05, 0) is 30.4 Å². The summed E-state index contributed by atoms with van der Waals surface area (Å²) in [6, 6.07) is 6.19. The van der Waals surface area contributed by atoms with Gasteiger partial charge in [-0.3, -0.25) is 9.67 Å². The fraction of sp³-hybridized carbons (Fsp3) is 0.429. The third kappa shape index (κ3) is 6.94. The van der Waals surface area contributed by atoms with Crippen LogP contribution in [0.4, 0.5) is 0 Å². The summed E-state index contributed by atoms with van der Waals surface area (Å²) in [5, 5.41) is 12.9. The Morgan fingerprint density at radius 3 is 2.86 bits per heavy atom. The van der Waals surface area contributed by atoms with Gasteiger partial charge in [0, 0.05) is 44.0 Å². The number of hydrogen-bond donors (Lipinski definition) is 2. The smallest absolute Gasteiger partial charge is 0.190 e. The summed E-state index contributed by atoms with van der Waals surface area (Å²) in [6.45, 7) is 2.71. The van der Waals surface area contributed by atoms with Crippen molar-refractivity contribution in [2.24, 2.45) is 4.99 Å². The molecule has 2 rings (SSSR count). The van der Waals surface area contributed by atoms with E-state index in [4.69, 9.17) is 0 Å². The highest BCUT2D eigenvalue weighted by Gasteiger charge is 1.98. The molecule has 0 saturated carbocycles. The number of aliphatic imine (C=N–C) groups is 1. The third-order valence-corrected chi connectivity index (χ3v) is 3.82. The average molecular weight is 419 g/mol. The summed E-state index contributed by atoms with van der Waals surface area (Å²) >= 11 is 1.79. The van der Waals surface area contributed by atoms with Gasteiger partial charge < -0.3 is 10.6 Å². The van der Waals surface area contributed by atoms with E-state index in [0.717, 1.165) is 38.4 Å². The summed E-state index contributed by atoms with van der Waals surface area (Å²) in [7, 11) is 1.80. The molecule has 0 aliphatic rings. The molecule has 2 aromatic rings. The van der Waals surface area contributed by atoms with Crippen LogP contribution >= 0.6 is 35.3 Å². The Bertz CT molecular complexity index is 495. The normalized spacial score (nSPS) is 11.0. The van der Waals surface area contributed by atoms with E-state index in [0.29, 0.717) is 0 Å². The fourth-order valence-electron chi connectivity index (χ4n) is 1.86. The van der Waals surface area contributed by atoms with Crippen molar-refractivity contribution < 1.29 is 0 Å². The molecule has 2 aromatic heterocycles.